The summed E-state index contributed by atoms with van der Waals surface area (Å²) >= 11 is 0. The van der Waals surface area contributed by atoms with Crippen LogP contribution in [0.25, 0.3) is 0 Å². The van der Waals surface area contributed by atoms with E-state index in [1.165, 1.54) is 6.42 Å². The molecule has 2 rings (SSSR count). The molecule has 3 atom stereocenters. The van der Waals surface area contributed by atoms with Crippen LogP contribution in [0.2, 0.25) is 0 Å². The van der Waals surface area contributed by atoms with Crippen molar-refractivity contribution in [3.05, 3.63) is 0 Å². The third-order valence-corrected chi connectivity index (χ3v) is 4.44. The normalized spacial score (nSPS) is 31.3. The Kier molecular flexibility index (Phi) is 5.85. The second-order valence-electron chi connectivity index (χ2n) is 6.53. The molecule has 2 saturated heterocycles. The zero-order chi connectivity index (χ0) is 14.5. The van der Waals surface area contributed by atoms with Crippen LogP contribution in [0.3, 0.4) is 0 Å². The minimum Gasteiger partial charge on any atom is -0.376 e. The molecule has 0 radical (unpaired) electrons. The van der Waals surface area contributed by atoms with Crippen molar-refractivity contribution in [2.24, 2.45) is 5.92 Å². The Morgan fingerprint density at radius 1 is 1.40 bits per heavy atom. The minimum atomic E-state index is 0.0194. The van der Waals surface area contributed by atoms with E-state index >= 15 is 0 Å². The van der Waals surface area contributed by atoms with E-state index in [9.17, 15) is 4.79 Å². The Hall–Kier alpha value is -0.610. The van der Waals surface area contributed by atoms with Crippen molar-refractivity contribution in [3.8, 4) is 0 Å². The lowest BCUT2D eigenvalue weighted by atomic mass is 10.1. The molecular weight excluding hydrogens is 252 g/mol. The molecule has 0 aromatic rings. The molecule has 0 saturated carbocycles. The fourth-order valence-corrected chi connectivity index (χ4v) is 3.25. The van der Waals surface area contributed by atoms with Crippen LogP contribution in [0.15, 0.2) is 0 Å². The third kappa shape index (κ3) is 3.73. The van der Waals surface area contributed by atoms with E-state index in [1.807, 2.05) is 4.90 Å². The first-order valence-corrected chi connectivity index (χ1v) is 8.31. The summed E-state index contributed by atoms with van der Waals surface area (Å²) < 4.78 is 5.81. The first kappa shape index (κ1) is 15.8. The summed E-state index contributed by atoms with van der Waals surface area (Å²) in [5, 5.41) is 3.54. The molecule has 116 valence electrons. The van der Waals surface area contributed by atoms with E-state index in [-0.39, 0.29) is 24.2 Å². The zero-order valence-corrected chi connectivity index (χ0v) is 13.2. The van der Waals surface area contributed by atoms with Gasteiger partial charge in [0.05, 0.1) is 18.3 Å². The van der Waals surface area contributed by atoms with Crippen LogP contribution in [-0.4, -0.2) is 42.3 Å². The first-order chi connectivity index (χ1) is 9.63. The SMILES string of the molecule is CCCCC1NC(C(C)C)N(CC2CCCCO2)C1=O. The highest BCUT2D eigenvalue weighted by Gasteiger charge is 2.40. The second kappa shape index (κ2) is 7.41. The molecule has 2 aliphatic rings. The molecular formula is C16H30N2O2. The highest BCUT2D eigenvalue weighted by molar-refractivity contribution is 5.84. The van der Waals surface area contributed by atoms with Crippen molar-refractivity contribution >= 4 is 5.91 Å². The van der Waals surface area contributed by atoms with Gasteiger partial charge >= 0.3 is 0 Å². The molecule has 4 heteroatoms. The monoisotopic (exact) mass is 282 g/mol. The molecule has 0 aromatic carbocycles. The largest absolute Gasteiger partial charge is 0.376 e. The Balaban J connectivity index is 1.97. The molecule has 0 bridgehead atoms. The second-order valence-corrected chi connectivity index (χ2v) is 6.53. The van der Waals surface area contributed by atoms with Gasteiger partial charge in [0.15, 0.2) is 0 Å². The number of rotatable bonds is 6. The van der Waals surface area contributed by atoms with E-state index in [2.05, 4.69) is 26.1 Å². The van der Waals surface area contributed by atoms with Gasteiger partial charge in [-0.05, 0) is 31.6 Å². The highest BCUT2D eigenvalue weighted by atomic mass is 16.5. The predicted molar refractivity (Wildman–Crippen MR) is 80.4 cm³/mol. The molecule has 4 nitrogen and oxygen atoms in total. The number of ether oxygens (including phenoxy) is 1. The molecule has 3 unspecified atom stereocenters. The van der Waals surface area contributed by atoms with Gasteiger partial charge in [-0.1, -0.05) is 33.6 Å². The number of hydrogen-bond donors (Lipinski definition) is 1. The quantitative estimate of drug-likeness (QED) is 0.814. The molecule has 20 heavy (non-hydrogen) atoms. The summed E-state index contributed by atoms with van der Waals surface area (Å²) in [5.41, 5.74) is 0. The number of nitrogens with zero attached hydrogens (tertiary/aromatic N) is 1. The van der Waals surface area contributed by atoms with Gasteiger partial charge in [0.1, 0.15) is 0 Å². The summed E-state index contributed by atoms with van der Waals surface area (Å²) in [6, 6.07) is 0.0194. The number of nitrogens with one attached hydrogen (secondary N) is 1. The van der Waals surface area contributed by atoms with Crippen LogP contribution >= 0.6 is 0 Å². The Labute approximate surface area is 123 Å². The van der Waals surface area contributed by atoms with Crippen molar-refractivity contribution < 1.29 is 9.53 Å². The fourth-order valence-electron chi connectivity index (χ4n) is 3.25. The van der Waals surface area contributed by atoms with Gasteiger partial charge in [-0.2, -0.15) is 0 Å². The van der Waals surface area contributed by atoms with Gasteiger partial charge in [-0.25, -0.2) is 0 Å². The van der Waals surface area contributed by atoms with Gasteiger partial charge in [0.25, 0.3) is 0 Å². The number of hydrogen-bond acceptors (Lipinski definition) is 3. The van der Waals surface area contributed by atoms with Crippen LogP contribution in [0.5, 0.6) is 0 Å². The number of unbranched alkanes of at least 4 members (excludes halogenated alkanes) is 1. The third-order valence-electron chi connectivity index (χ3n) is 4.44. The molecule has 2 aliphatic heterocycles. The van der Waals surface area contributed by atoms with Crippen LogP contribution in [0.4, 0.5) is 0 Å². The summed E-state index contributed by atoms with van der Waals surface area (Å²) in [6.07, 6.45) is 7.11. The molecule has 1 amide bonds. The Morgan fingerprint density at radius 3 is 2.80 bits per heavy atom. The van der Waals surface area contributed by atoms with Gasteiger partial charge in [0.2, 0.25) is 5.91 Å². The lowest BCUT2D eigenvalue weighted by Crippen LogP contribution is -2.46. The first-order valence-electron chi connectivity index (χ1n) is 8.31. The molecule has 0 aliphatic carbocycles. The summed E-state index contributed by atoms with van der Waals surface area (Å²) in [5.74, 6) is 0.723. The smallest absolute Gasteiger partial charge is 0.241 e. The predicted octanol–water partition coefficient (Wildman–Crippen LogP) is 2.53. The van der Waals surface area contributed by atoms with Crippen molar-refractivity contribution in [2.45, 2.75) is 77.6 Å². The number of amides is 1. The van der Waals surface area contributed by atoms with Gasteiger partial charge in [0, 0.05) is 13.2 Å². The lowest BCUT2D eigenvalue weighted by Gasteiger charge is -2.32. The molecule has 0 aromatic heterocycles. The van der Waals surface area contributed by atoms with Crippen LogP contribution < -0.4 is 5.32 Å². The van der Waals surface area contributed by atoms with Gasteiger partial charge < -0.3 is 9.64 Å². The van der Waals surface area contributed by atoms with Gasteiger partial charge in [-0.3, -0.25) is 10.1 Å². The summed E-state index contributed by atoms with van der Waals surface area (Å²) in [4.78, 5) is 14.7. The maximum atomic E-state index is 12.6. The molecule has 1 N–H and O–H groups in total. The van der Waals surface area contributed by atoms with Crippen LogP contribution in [-0.2, 0) is 9.53 Å². The van der Waals surface area contributed by atoms with E-state index in [0.29, 0.717) is 5.92 Å². The molecule has 2 fully saturated rings. The topological polar surface area (TPSA) is 41.6 Å². The maximum Gasteiger partial charge on any atom is 0.241 e. The average Bonchev–Trinajstić information content (AvgIpc) is 2.75. The van der Waals surface area contributed by atoms with E-state index in [1.54, 1.807) is 0 Å². The van der Waals surface area contributed by atoms with Crippen molar-refractivity contribution in [2.75, 3.05) is 13.2 Å². The van der Waals surface area contributed by atoms with E-state index < -0.39 is 0 Å². The summed E-state index contributed by atoms with van der Waals surface area (Å²) in [7, 11) is 0. The highest BCUT2D eigenvalue weighted by Crippen LogP contribution is 2.23. The van der Waals surface area contributed by atoms with Crippen LogP contribution in [0.1, 0.15) is 59.3 Å². The van der Waals surface area contributed by atoms with Crippen molar-refractivity contribution in [3.63, 3.8) is 0 Å². The van der Waals surface area contributed by atoms with E-state index in [0.717, 1.165) is 45.3 Å². The Bertz CT molecular complexity index is 314. The minimum absolute atomic E-state index is 0.0194. The molecule has 2 heterocycles. The Morgan fingerprint density at radius 2 is 2.20 bits per heavy atom. The lowest BCUT2D eigenvalue weighted by molar-refractivity contribution is -0.133. The van der Waals surface area contributed by atoms with Crippen LogP contribution in [0, 0.1) is 5.92 Å². The number of carbonyl (C=O) groups excluding carboxylic acids is 1. The van der Waals surface area contributed by atoms with Gasteiger partial charge in [-0.15, -0.1) is 0 Å². The van der Waals surface area contributed by atoms with E-state index in [4.69, 9.17) is 4.74 Å². The zero-order valence-electron chi connectivity index (χ0n) is 13.2. The summed E-state index contributed by atoms with van der Waals surface area (Å²) in [6.45, 7) is 8.15. The molecule has 0 spiro atoms. The fraction of sp³-hybridized carbons (Fsp3) is 0.938. The van der Waals surface area contributed by atoms with Crippen molar-refractivity contribution in [1.82, 2.24) is 10.2 Å². The standard InChI is InChI=1S/C16H30N2O2/c1-4-5-9-14-16(19)18(15(17-14)12(2)3)11-13-8-6-7-10-20-13/h12-15,17H,4-11H2,1-3H3. The van der Waals surface area contributed by atoms with Crippen molar-refractivity contribution in [1.29, 1.82) is 0 Å². The number of carbonyl (C=O) groups is 1. The maximum absolute atomic E-state index is 12.6. The average molecular weight is 282 g/mol.